The Balaban J connectivity index is 1.04. The summed E-state index contributed by atoms with van der Waals surface area (Å²) in [5.74, 6) is 1.04. The number of nitrogens with zero attached hydrogens (tertiary/aromatic N) is 7. The van der Waals surface area contributed by atoms with E-state index in [0.717, 1.165) is 95.6 Å². The molecule has 3 aromatic carbocycles. The van der Waals surface area contributed by atoms with Crippen LogP contribution in [-0.2, 0) is 17.8 Å². The largest absolute Gasteiger partial charge is 0.491 e. The predicted molar refractivity (Wildman–Crippen MR) is 232 cm³/mol. The first-order chi connectivity index (χ1) is 29.2. The lowest BCUT2D eigenvalue weighted by Crippen LogP contribution is -2.45. The molecule has 12 nitrogen and oxygen atoms in total. The number of aromatic nitrogens is 4. The van der Waals surface area contributed by atoms with Crippen molar-refractivity contribution >= 4 is 39.2 Å². The van der Waals surface area contributed by atoms with Crippen LogP contribution in [0.3, 0.4) is 0 Å². The monoisotopic (exact) mass is 843 g/mol. The Labute approximate surface area is 358 Å². The third-order valence-electron chi connectivity index (χ3n) is 11.5. The first-order valence-corrected chi connectivity index (χ1v) is 21.4. The van der Waals surface area contributed by atoms with Crippen LogP contribution >= 0.6 is 23.1 Å². The molecular weight excluding hydrogens is 798 g/mol. The third kappa shape index (κ3) is 8.93. The molecule has 1 saturated carbocycles. The maximum absolute atomic E-state index is 12.9. The van der Waals surface area contributed by atoms with Gasteiger partial charge in [0.2, 0.25) is 12.0 Å². The van der Waals surface area contributed by atoms with Gasteiger partial charge in [-0.3, -0.25) is 9.88 Å². The standard InChI is InChI=1S/C46H46ClN7O5S/c1-28-23-30(25-48)11-12-34(28)44-49-16-15-33(51-44)27-58-36-10-5-4-7-32(36)24-38(46(55)56)59-45-41-39(60-52-45)26-50-43(31-8-6-9-31)40(41)35-13-14-37(42(47)29(35)2)57-22-21-54-19-17-53(3)18-20-54/h4-5,7,10-16,23,26,31,38H,6,8-9,17-22,24,27H2,1-3H3,(H,55,56). The number of rotatable bonds is 15. The van der Waals surface area contributed by atoms with Crippen molar-refractivity contribution in [3.63, 3.8) is 0 Å². The molecule has 308 valence electrons. The summed E-state index contributed by atoms with van der Waals surface area (Å²) in [6.07, 6.45) is 5.38. The van der Waals surface area contributed by atoms with Gasteiger partial charge in [0.15, 0.2) is 5.82 Å². The Morgan fingerprint density at radius 1 is 1.02 bits per heavy atom. The van der Waals surface area contributed by atoms with Gasteiger partial charge in [-0.05, 0) is 104 Å². The molecule has 0 spiro atoms. The van der Waals surface area contributed by atoms with E-state index in [0.29, 0.717) is 45.8 Å². The average molecular weight is 844 g/mol. The lowest BCUT2D eigenvalue weighted by Gasteiger charge is -2.32. The molecule has 1 aliphatic heterocycles. The number of pyridine rings is 1. The lowest BCUT2D eigenvalue weighted by atomic mass is 9.79. The smallest absolute Gasteiger partial charge is 0.345 e. The molecule has 0 amide bonds. The van der Waals surface area contributed by atoms with Crippen molar-refractivity contribution in [2.45, 2.75) is 58.2 Å². The molecule has 1 saturated heterocycles. The number of para-hydroxylation sites is 1. The summed E-state index contributed by atoms with van der Waals surface area (Å²) in [6.45, 7) is 9.51. The van der Waals surface area contributed by atoms with Gasteiger partial charge in [0.05, 0.1) is 38.1 Å². The fraction of sp³-hybridized carbons (Fsp3) is 0.348. The van der Waals surface area contributed by atoms with E-state index in [-0.39, 0.29) is 24.8 Å². The van der Waals surface area contributed by atoms with Gasteiger partial charge in [0, 0.05) is 68.6 Å². The van der Waals surface area contributed by atoms with Crippen LogP contribution in [0.25, 0.3) is 32.6 Å². The Morgan fingerprint density at radius 3 is 2.57 bits per heavy atom. The van der Waals surface area contributed by atoms with Crippen molar-refractivity contribution in [3.05, 3.63) is 112 Å². The second-order valence-electron chi connectivity index (χ2n) is 15.5. The predicted octanol–water partition coefficient (Wildman–Crippen LogP) is 8.50. The lowest BCUT2D eigenvalue weighted by molar-refractivity contribution is -0.145. The summed E-state index contributed by atoms with van der Waals surface area (Å²) in [5.41, 5.74) is 7.13. The number of fused-ring (bicyclic) bond motifs is 1. The summed E-state index contributed by atoms with van der Waals surface area (Å²) in [6, 6.07) is 20.6. The van der Waals surface area contributed by atoms with Gasteiger partial charge >= 0.3 is 5.97 Å². The summed E-state index contributed by atoms with van der Waals surface area (Å²) >= 11 is 8.30. The van der Waals surface area contributed by atoms with Gasteiger partial charge in [0.1, 0.15) is 24.7 Å². The molecule has 6 aromatic rings. The maximum atomic E-state index is 12.9. The Bertz CT molecular complexity index is 2570. The fourth-order valence-electron chi connectivity index (χ4n) is 7.74. The number of aliphatic carboxylic acids is 1. The van der Waals surface area contributed by atoms with E-state index in [9.17, 15) is 15.2 Å². The molecule has 1 unspecified atom stereocenters. The zero-order chi connectivity index (χ0) is 41.8. The third-order valence-corrected chi connectivity index (χ3v) is 12.7. The number of nitriles is 1. The topological polar surface area (TPSA) is 147 Å². The van der Waals surface area contributed by atoms with Crippen LogP contribution in [0, 0.1) is 25.2 Å². The first-order valence-electron chi connectivity index (χ1n) is 20.2. The van der Waals surface area contributed by atoms with Crippen LogP contribution in [0.5, 0.6) is 17.4 Å². The molecular formula is C46H46ClN7O5S. The molecule has 1 N–H and O–H groups in total. The second kappa shape index (κ2) is 18.3. The highest BCUT2D eigenvalue weighted by Crippen LogP contribution is 2.48. The number of hydrogen-bond donors (Lipinski definition) is 1. The average Bonchev–Trinajstić information content (AvgIpc) is 3.64. The highest BCUT2D eigenvalue weighted by molar-refractivity contribution is 7.13. The van der Waals surface area contributed by atoms with Crippen molar-refractivity contribution in [1.29, 1.82) is 5.26 Å². The minimum absolute atomic E-state index is 0.0188. The number of likely N-dealkylation sites (N-methyl/N-ethyl adjacent to an activating group) is 1. The maximum Gasteiger partial charge on any atom is 0.345 e. The molecule has 60 heavy (non-hydrogen) atoms. The number of halogens is 1. The number of carboxylic acid groups (broad SMARTS) is 1. The van der Waals surface area contributed by atoms with E-state index in [1.165, 1.54) is 11.5 Å². The first kappa shape index (κ1) is 41.1. The van der Waals surface area contributed by atoms with Crippen LogP contribution in [0.4, 0.5) is 0 Å². The Hall–Kier alpha value is -5.65. The number of benzene rings is 3. The van der Waals surface area contributed by atoms with E-state index in [1.54, 1.807) is 30.5 Å². The van der Waals surface area contributed by atoms with Crippen molar-refractivity contribution in [1.82, 2.24) is 29.1 Å². The molecule has 2 aliphatic rings. The minimum Gasteiger partial charge on any atom is -0.491 e. The zero-order valence-electron chi connectivity index (χ0n) is 33.9. The van der Waals surface area contributed by atoms with E-state index in [1.807, 2.05) is 56.4 Å². The van der Waals surface area contributed by atoms with E-state index < -0.39 is 12.1 Å². The van der Waals surface area contributed by atoms with Crippen LogP contribution in [0.1, 0.15) is 58.8 Å². The van der Waals surface area contributed by atoms with Gasteiger partial charge < -0.3 is 24.2 Å². The molecule has 14 heteroatoms. The van der Waals surface area contributed by atoms with E-state index >= 15 is 0 Å². The zero-order valence-corrected chi connectivity index (χ0v) is 35.4. The van der Waals surface area contributed by atoms with Gasteiger partial charge in [-0.25, -0.2) is 14.8 Å². The molecule has 1 atom stereocenters. The number of hydrogen-bond acceptors (Lipinski definition) is 12. The van der Waals surface area contributed by atoms with Crippen LogP contribution in [0.2, 0.25) is 5.02 Å². The normalized spacial score (nSPS) is 15.3. The van der Waals surface area contributed by atoms with Gasteiger partial charge in [0.25, 0.3) is 0 Å². The Kier molecular flexibility index (Phi) is 12.5. The van der Waals surface area contributed by atoms with Crippen molar-refractivity contribution in [2.24, 2.45) is 0 Å². The number of aryl methyl sites for hydroxylation is 1. The summed E-state index contributed by atoms with van der Waals surface area (Å²) in [5, 5.41) is 21.1. The van der Waals surface area contributed by atoms with Crippen molar-refractivity contribution in [2.75, 3.05) is 46.4 Å². The Morgan fingerprint density at radius 2 is 1.82 bits per heavy atom. The molecule has 2 fully saturated rings. The number of ether oxygens (including phenoxy) is 3. The summed E-state index contributed by atoms with van der Waals surface area (Å²) in [4.78, 5) is 31.8. The van der Waals surface area contributed by atoms with E-state index in [4.69, 9.17) is 35.8 Å². The number of piperazine rings is 1. The highest BCUT2D eigenvalue weighted by Gasteiger charge is 2.31. The van der Waals surface area contributed by atoms with Gasteiger partial charge in [-0.1, -0.05) is 42.3 Å². The molecule has 0 radical (unpaired) electrons. The summed E-state index contributed by atoms with van der Waals surface area (Å²) in [7, 11) is 2.15. The number of carboxylic acids is 1. The second-order valence-corrected chi connectivity index (χ2v) is 16.7. The molecule has 8 rings (SSSR count). The van der Waals surface area contributed by atoms with Crippen LogP contribution < -0.4 is 14.2 Å². The molecule has 4 heterocycles. The molecule has 0 bridgehead atoms. The highest BCUT2D eigenvalue weighted by atomic mass is 35.5. The van der Waals surface area contributed by atoms with Crippen LogP contribution in [-0.4, -0.2) is 92.7 Å². The van der Waals surface area contributed by atoms with Crippen molar-refractivity contribution in [3.8, 4) is 46.0 Å². The van der Waals surface area contributed by atoms with Gasteiger partial charge in [-0.15, -0.1) is 0 Å². The number of carbonyl (C=O) groups is 1. The van der Waals surface area contributed by atoms with Crippen LogP contribution in [0.15, 0.2) is 73.1 Å². The van der Waals surface area contributed by atoms with E-state index in [2.05, 4.69) is 32.3 Å². The SMILES string of the molecule is Cc1cc(C#N)ccc1-c1nccc(COc2ccccc2CC(Oc2nsc3cnc(C4CCC4)c(-c4ccc(OCCN5CCN(C)CC5)c(Cl)c4C)c23)C(=O)O)n1. The summed E-state index contributed by atoms with van der Waals surface area (Å²) < 4.78 is 24.4. The van der Waals surface area contributed by atoms with Crippen molar-refractivity contribution < 1.29 is 24.1 Å². The molecule has 1 aliphatic carbocycles. The van der Waals surface area contributed by atoms with Gasteiger partial charge in [-0.2, -0.15) is 9.64 Å². The fourth-order valence-corrected chi connectivity index (χ4v) is 8.65. The quantitative estimate of drug-likeness (QED) is 0.106. The molecule has 3 aromatic heterocycles. The minimum atomic E-state index is -1.28.